The highest BCUT2D eigenvalue weighted by molar-refractivity contribution is 6.11. The number of hydrogen-bond acceptors (Lipinski definition) is 2. The summed E-state index contributed by atoms with van der Waals surface area (Å²) in [6.45, 7) is 10.8. The predicted octanol–water partition coefficient (Wildman–Crippen LogP) is 14.9. The average Bonchev–Trinajstić information content (AvgIpc) is 3.37. The van der Waals surface area contributed by atoms with E-state index < -0.39 is 0 Å². The van der Waals surface area contributed by atoms with E-state index >= 15 is 0 Å². The number of allylic oxidation sites excluding steroid dienone is 8. The number of rotatable bonds is 6. The van der Waals surface area contributed by atoms with Crippen LogP contribution in [0, 0.1) is 6.92 Å². The van der Waals surface area contributed by atoms with E-state index in [1.807, 2.05) is 12.2 Å². The van der Waals surface area contributed by atoms with Gasteiger partial charge in [-0.3, -0.25) is 0 Å². The highest BCUT2D eigenvalue weighted by Crippen LogP contribution is 2.43. The quantitative estimate of drug-likeness (QED) is 0.171. The largest absolute Gasteiger partial charge is 0.438 e. The maximum atomic E-state index is 6.22. The van der Waals surface area contributed by atoms with E-state index in [1.165, 1.54) is 66.1 Å². The summed E-state index contributed by atoms with van der Waals surface area (Å²) in [5.41, 5.74) is 16.4. The lowest BCUT2D eigenvalue weighted by Gasteiger charge is -2.21. The van der Waals surface area contributed by atoms with E-state index in [4.69, 9.17) is 9.40 Å². The first-order valence-corrected chi connectivity index (χ1v) is 19.3. The third-order valence-electron chi connectivity index (χ3n) is 11.4. The van der Waals surface area contributed by atoms with Gasteiger partial charge < -0.3 is 4.42 Å². The van der Waals surface area contributed by atoms with Crippen LogP contribution < -0.4 is 0 Å². The normalized spacial score (nSPS) is 14.0. The minimum absolute atomic E-state index is 0.674. The Balaban J connectivity index is 1.02. The number of benzene rings is 6. The Bertz CT molecular complexity index is 3100. The lowest BCUT2D eigenvalue weighted by atomic mass is 9.83. The van der Waals surface area contributed by atoms with Crippen molar-refractivity contribution in [2.45, 2.75) is 19.8 Å². The molecule has 0 atom stereocenters. The van der Waals surface area contributed by atoms with Crippen LogP contribution >= 0.6 is 0 Å². The highest BCUT2D eigenvalue weighted by Gasteiger charge is 2.20. The van der Waals surface area contributed by atoms with Gasteiger partial charge in [-0.1, -0.05) is 159 Å². The number of pyridine rings is 1. The zero-order valence-corrected chi connectivity index (χ0v) is 31.3. The molecule has 266 valence electrons. The molecule has 2 nitrogen and oxygen atoms in total. The lowest BCUT2D eigenvalue weighted by molar-refractivity contribution is 0.653. The van der Waals surface area contributed by atoms with Gasteiger partial charge in [0.15, 0.2) is 0 Å². The molecule has 56 heavy (non-hydrogen) atoms. The van der Waals surface area contributed by atoms with Gasteiger partial charge in [0, 0.05) is 16.3 Å². The molecule has 2 heterocycles. The molecule has 8 aromatic rings. The van der Waals surface area contributed by atoms with E-state index in [-0.39, 0.29) is 0 Å². The van der Waals surface area contributed by atoms with Gasteiger partial charge in [0.1, 0.15) is 5.58 Å². The van der Waals surface area contributed by atoms with Crippen LogP contribution in [0.4, 0.5) is 0 Å². The van der Waals surface area contributed by atoms with Gasteiger partial charge in [0.2, 0.25) is 5.71 Å². The smallest absolute Gasteiger partial charge is 0.227 e. The molecule has 0 bridgehead atoms. The van der Waals surface area contributed by atoms with Crippen LogP contribution in [0.15, 0.2) is 163 Å². The van der Waals surface area contributed by atoms with E-state index in [1.54, 1.807) is 0 Å². The summed E-state index contributed by atoms with van der Waals surface area (Å²) in [5.74, 6) is 0. The van der Waals surface area contributed by atoms with Gasteiger partial charge in [0.05, 0.1) is 5.69 Å². The van der Waals surface area contributed by atoms with Gasteiger partial charge in [-0.2, -0.15) is 0 Å². The van der Waals surface area contributed by atoms with E-state index in [2.05, 4.69) is 178 Å². The first kappa shape index (κ1) is 33.5. The molecule has 6 aromatic carbocycles. The fraction of sp³-hybridized carbons (Fsp3) is 0.0556. The second-order valence-corrected chi connectivity index (χ2v) is 14.8. The first-order valence-electron chi connectivity index (χ1n) is 19.3. The molecule has 0 aliphatic heterocycles. The Labute approximate surface area is 327 Å². The van der Waals surface area contributed by atoms with Gasteiger partial charge >= 0.3 is 0 Å². The summed E-state index contributed by atoms with van der Waals surface area (Å²) in [6, 6.07) is 41.5. The zero-order valence-electron chi connectivity index (χ0n) is 31.3. The van der Waals surface area contributed by atoms with Crippen LogP contribution in [0.2, 0.25) is 0 Å². The van der Waals surface area contributed by atoms with E-state index in [0.717, 1.165) is 57.1 Å². The van der Waals surface area contributed by atoms with E-state index in [0.29, 0.717) is 5.71 Å². The summed E-state index contributed by atoms with van der Waals surface area (Å²) in [7, 11) is 0. The molecule has 0 saturated heterocycles. The number of furan rings is 1. The molecular formula is C54H39NO. The molecule has 2 heteroatoms. The third kappa shape index (κ3) is 5.70. The molecule has 2 aromatic heterocycles. The molecule has 0 unspecified atom stereocenters. The summed E-state index contributed by atoms with van der Waals surface area (Å²) >= 11 is 0. The minimum Gasteiger partial charge on any atom is -0.438 e. The lowest BCUT2D eigenvalue weighted by Crippen LogP contribution is -1.98. The van der Waals surface area contributed by atoms with Crippen molar-refractivity contribution in [1.82, 2.24) is 4.98 Å². The third-order valence-corrected chi connectivity index (χ3v) is 11.4. The average molecular weight is 718 g/mol. The summed E-state index contributed by atoms with van der Waals surface area (Å²) < 4.78 is 6.22. The second-order valence-electron chi connectivity index (χ2n) is 14.8. The Morgan fingerprint density at radius 1 is 0.607 bits per heavy atom. The molecule has 0 amide bonds. The molecule has 0 saturated carbocycles. The van der Waals surface area contributed by atoms with Crippen LogP contribution in [0.25, 0.3) is 95.8 Å². The number of aromatic nitrogens is 1. The number of aryl methyl sites for hydroxylation is 1. The standard InChI is InChI=1S/C54H39NO/c1-4-44-45(5-2)53(48-19-9-8-18-47(48)52(44)38-15-10-14-36(21-25-38)42-28-24-35-12-6-7-13-40(35)31-42)39-26-22-37(23-27-39)41-16-11-17-43-32-49-46-29-20-34(3)30-51(46)56-54(49)55-50(43)33-41/h4-9,11-15,17-33H,1-2,10,16H2,3H3. The van der Waals surface area contributed by atoms with Gasteiger partial charge in [-0.25, -0.2) is 4.98 Å². The SMILES string of the molecule is C=Cc1c(C=C)c(-c2ccc(C3=Cc4nc5oc6cc(C)ccc6c5cc4C=CC3)cc2)c2ccccc2c1C1=CCC=C(c2ccc3ccccc3c2)C=C1. The Hall–Kier alpha value is -7.03. The van der Waals surface area contributed by atoms with E-state index in [9.17, 15) is 0 Å². The Morgan fingerprint density at radius 2 is 1.30 bits per heavy atom. The van der Waals surface area contributed by atoms with Crippen LogP contribution in [0.1, 0.15) is 57.5 Å². The minimum atomic E-state index is 0.674. The summed E-state index contributed by atoms with van der Waals surface area (Å²) in [4.78, 5) is 5.01. The molecule has 0 radical (unpaired) electrons. The van der Waals surface area contributed by atoms with Gasteiger partial charge in [-0.05, 0) is 127 Å². The first-order chi connectivity index (χ1) is 27.6. The fourth-order valence-corrected chi connectivity index (χ4v) is 8.60. The van der Waals surface area contributed by atoms with Crippen molar-refractivity contribution < 1.29 is 4.42 Å². The molecule has 10 rings (SSSR count). The van der Waals surface area contributed by atoms with Crippen molar-refractivity contribution in [1.29, 1.82) is 0 Å². The molecule has 2 aliphatic carbocycles. The zero-order chi connectivity index (χ0) is 37.8. The Kier molecular flexibility index (Phi) is 8.19. The van der Waals surface area contributed by atoms with Crippen LogP contribution in [0.5, 0.6) is 0 Å². The van der Waals surface area contributed by atoms with Crippen LogP contribution in [-0.2, 0) is 0 Å². The van der Waals surface area contributed by atoms with Crippen molar-refractivity contribution in [2.24, 2.45) is 0 Å². The topological polar surface area (TPSA) is 26.0 Å². The molecule has 2 aliphatic rings. The van der Waals surface area contributed by atoms with Crippen molar-refractivity contribution in [3.8, 4) is 11.1 Å². The molecule has 0 spiro atoms. The maximum Gasteiger partial charge on any atom is 0.227 e. The number of nitrogens with zero attached hydrogens (tertiary/aromatic N) is 1. The Morgan fingerprint density at radius 3 is 2.12 bits per heavy atom. The fourth-order valence-electron chi connectivity index (χ4n) is 8.60. The van der Waals surface area contributed by atoms with Crippen molar-refractivity contribution in [2.75, 3.05) is 0 Å². The molecule has 0 N–H and O–H groups in total. The number of fused-ring (bicyclic) bond motifs is 6. The van der Waals surface area contributed by atoms with Gasteiger partial charge in [-0.15, -0.1) is 0 Å². The maximum absolute atomic E-state index is 6.22. The van der Waals surface area contributed by atoms with Crippen LogP contribution in [-0.4, -0.2) is 4.98 Å². The van der Waals surface area contributed by atoms with Crippen molar-refractivity contribution in [3.05, 3.63) is 203 Å². The monoisotopic (exact) mass is 717 g/mol. The highest BCUT2D eigenvalue weighted by atomic mass is 16.3. The van der Waals surface area contributed by atoms with Crippen LogP contribution in [0.3, 0.4) is 0 Å². The second kappa shape index (κ2) is 13.7. The molecular weight excluding hydrogens is 679 g/mol. The van der Waals surface area contributed by atoms with Gasteiger partial charge in [0.25, 0.3) is 0 Å². The van der Waals surface area contributed by atoms with Crippen molar-refractivity contribution in [3.63, 3.8) is 0 Å². The summed E-state index contributed by atoms with van der Waals surface area (Å²) in [6.07, 6.45) is 21.5. The molecule has 0 fully saturated rings. The predicted molar refractivity (Wildman–Crippen MR) is 241 cm³/mol. The van der Waals surface area contributed by atoms with Crippen molar-refractivity contribution >= 4 is 84.6 Å². The number of hydrogen-bond donors (Lipinski definition) is 0. The summed E-state index contributed by atoms with van der Waals surface area (Å²) in [5, 5.41) is 7.04.